The highest BCUT2D eigenvalue weighted by Gasteiger charge is 2.31. The zero-order valence-electron chi connectivity index (χ0n) is 14.7. The molecule has 1 aliphatic carbocycles. The third-order valence-electron chi connectivity index (χ3n) is 5.31. The van der Waals surface area contributed by atoms with E-state index in [4.69, 9.17) is 5.73 Å². The van der Waals surface area contributed by atoms with Crippen molar-refractivity contribution in [2.24, 2.45) is 0 Å². The van der Waals surface area contributed by atoms with Crippen molar-refractivity contribution in [3.63, 3.8) is 0 Å². The molecule has 3 aromatic rings. The molecular weight excluding hydrogens is 350 g/mol. The molecule has 0 bridgehead atoms. The summed E-state index contributed by atoms with van der Waals surface area (Å²) in [6.07, 6.45) is 2.55. The molecule has 1 aromatic carbocycles. The minimum absolute atomic E-state index is 0.0601. The van der Waals surface area contributed by atoms with Gasteiger partial charge in [-0.2, -0.15) is 5.26 Å². The van der Waals surface area contributed by atoms with Gasteiger partial charge in [0.1, 0.15) is 0 Å². The van der Waals surface area contributed by atoms with E-state index in [-0.39, 0.29) is 29.0 Å². The molecule has 2 heterocycles. The van der Waals surface area contributed by atoms with Gasteiger partial charge in [-0.05, 0) is 37.5 Å². The molecule has 0 amide bonds. The number of aryl methyl sites for hydroxylation is 1. The number of nitrogens with zero attached hydrogens (tertiary/aromatic N) is 3. The zero-order valence-corrected chi connectivity index (χ0v) is 14.7. The summed E-state index contributed by atoms with van der Waals surface area (Å²) in [7, 11) is 0. The summed E-state index contributed by atoms with van der Waals surface area (Å²) >= 11 is 0. The molecular formula is C20H18F2N4O. The van der Waals surface area contributed by atoms with Crippen LogP contribution in [0.15, 0.2) is 30.7 Å². The van der Waals surface area contributed by atoms with Gasteiger partial charge in [0.05, 0.1) is 35.2 Å². The lowest BCUT2D eigenvalue weighted by Crippen LogP contribution is -2.30. The lowest BCUT2D eigenvalue weighted by Gasteiger charge is -2.33. The largest absolute Gasteiger partial charge is 0.397 e. The van der Waals surface area contributed by atoms with Crippen molar-refractivity contribution in [2.45, 2.75) is 38.3 Å². The van der Waals surface area contributed by atoms with Gasteiger partial charge in [0.25, 0.3) is 6.43 Å². The maximum atomic E-state index is 13.7. The number of pyridine rings is 1. The highest BCUT2D eigenvalue weighted by Crippen LogP contribution is 2.43. The first-order chi connectivity index (χ1) is 12.9. The molecule has 0 atom stereocenters. The Morgan fingerprint density at radius 1 is 1.30 bits per heavy atom. The second-order valence-electron chi connectivity index (χ2n) is 7.02. The van der Waals surface area contributed by atoms with Crippen molar-refractivity contribution in [2.75, 3.05) is 5.73 Å². The standard InChI is InChI=1S/C20H18F2N4O/c1-10-2-18-14(3-11(10)6-23)16(9-26(18)12-4-13(27)5-12)15-7-25-8-17(24)19(15)20(21)22/h2-3,7-9,12-13,20,27H,4-5,24H2,1H3/t12-,13+. The molecule has 1 aliphatic rings. The number of hydrogen-bond acceptors (Lipinski definition) is 4. The van der Waals surface area contributed by atoms with Crippen LogP contribution in [0.25, 0.3) is 22.0 Å². The second kappa shape index (κ2) is 6.32. The van der Waals surface area contributed by atoms with Crippen molar-refractivity contribution in [3.8, 4) is 17.2 Å². The first-order valence-electron chi connectivity index (χ1n) is 8.66. The van der Waals surface area contributed by atoms with E-state index >= 15 is 0 Å². The molecule has 0 saturated heterocycles. The van der Waals surface area contributed by atoms with Crippen molar-refractivity contribution in [3.05, 3.63) is 47.4 Å². The van der Waals surface area contributed by atoms with Crippen molar-refractivity contribution in [1.82, 2.24) is 9.55 Å². The van der Waals surface area contributed by atoms with Gasteiger partial charge in [-0.15, -0.1) is 0 Å². The Labute approximate surface area is 154 Å². The molecule has 5 nitrogen and oxygen atoms in total. The van der Waals surface area contributed by atoms with Gasteiger partial charge in [0.2, 0.25) is 0 Å². The molecule has 3 N–H and O–H groups in total. The molecule has 0 radical (unpaired) electrons. The summed E-state index contributed by atoms with van der Waals surface area (Å²) in [5, 5.41) is 19.8. The average Bonchev–Trinajstić information content (AvgIpc) is 2.95. The molecule has 138 valence electrons. The Morgan fingerprint density at radius 3 is 2.67 bits per heavy atom. The van der Waals surface area contributed by atoms with Gasteiger partial charge in [0.15, 0.2) is 0 Å². The predicted molar refractivity (Wildman–Crippen MR) is 98.3 cm³/mol. The number of nitrogens with two attached hydrogens (primary N) is 1. The topological polar surface area (TPSA) is 87.9 Å². The van der Waals surface area contributed by atoms with Crippen molar-refractivity contribution < 1.29 is 13.9 Å². The predicted octanol–water partition coefficient (Wildman–Crippen LogP) is 4.10. The quantitative estimate of drug-likeness (QED) is 0.729. The number of benzene rings is 1. The minimum Gasteiger partial charge on any atom is -0.397 e. The van der Waals surface area contributed by atoms with Crippen LogP contribution < -0.4 is 5.73 Å². The highest BCUT2D eigenvalue weighted by atomic mass is 19.3. The number of alkyl halides is 2. The summed E-state index contributed by atoms with van der Waals surface area (Å²) in [6, 6.07) is 5.86. The maximum absolute atomic E-state index is 13.7. The first kappa shape index (κ1) is 17.4. The molecule has 27 heavy (non-hydrogen) atoms. The van der Waals surface area contributed by atoms with Gasteiger partial charge in [-0.1, -0.05) is 0 Å². The third kappa shape index (κ3) is 2.73. The van der Waals surface area contributed by atoms with Crippen LogP contribution in [0.2, 0.25) is 0 Å². The van der Waals surface area contributed by atoms with Crippen LogP contribution in [-0.2, 0) is 0 Å². The van der Waals surface area contributed by atoms with Gasteiger partial charge >= 0.3 is 0 Å². The molecule has 0 unspecified atom stereocenters. The van der Waals surface area contributed by atoms with E-state index in [9.17, 15) is 19.1 Å². The van der Waals surface area contributed by atoms with E-state index in [0.29, 0.717) is 29.4 Å². The van der Waals surface area contributed by atoms with Gasteiger partial charge in [-0.25, -0.2) is 8.78 Å². The first-order valence-corrected chi connectivity index (χ1v) is 8.66. The van der Waals surface area contributed by atoms with Crippen LogP contribution in [0.4, 0.5) is 14.5 Å². The zero-order chi connectivity index (χ0) is 19.3. The summed E-state index contributed by atoms with van der Waals surface area (Å²) in [5.74, 6) is 0. The summed E-state index contributed by atoms with van der Waals surface area (Å²) in [4.78, 5) is 4.00. The van der Waals surface area contributed by atoms with Crippen LogP contribution in [0, 0.1) is 18.3 Å². The van der Waals surface area contributed by atoms with E-state index in [0.717, 1.165) is 11.1 Å². The summed E-state index contributed by atoms with van der Waals surface area (Å²) in [5.41, 5.74) is 8.45. The molecule has 4 rings (SSSR count). The van der Waals surface area contributed by atoms with Crippen LogP contribution in [0.1, 0.15) is 42.0 Å². The lowest BCUT2D eigenvalue weighted by molar-refractivity contribution is 0.0504. The number of hydrogen-bond donors (Lipinski definition) is 2. The number of rotatable bonds is 3. The molecule has 1 fully saturated rings. The van der Waals surface area contributed by atoms with Crippen molar-refractivity contribution >= 4 is 16.6 Å². The molecule has 1 saturated carbocycles. The summed E-state index contributed by atoms with van der Waals surface area (Å²) < 4.78 is 29.4. The number of halogens is 2. The number of fused-ring (bicyclic) bond motifs is 1. The van der Waals surface area contributed by atoms with Crippen LogP contribution in [0.3, 0.4) is 0 Å². The van der Waals surface area contributed by atoms with Crippen LogP contribution >= 0.6 is 0 Å². The molecule has 0 spiro atoms. The molecule has 7 heteroatoms. The van der Waals surface area contributed by atoms with E-state index < -0.39 is 6.43 Å². The fourth-order valence-electron chi connectivity index (χ4n) is 3.77. The van der Waals surface area contributed by atoms with E-state index in [1.165, 1.54) is 12.4 Å². The number of nitrogen functional groups attached to an aromatic ring is 1. The number of anilines is 1. The Hall–Kier alpha value is -2.98. The van der Waals surface area contributed by atoms with Crippen LogP contribution in [-0.4, -0.2) is 20.8 Å². The lowest BCUT2D eigenvalue weighted by atomic mass is 9.89. The normalized spacial score (nSPS) is 19.3. The minimum atomic E-state index is -2.74. The van der Waals surface area contributed by atoms with Gasteiger partial charge in [0, 0.05) is 40.5 Å². The molecule has 0 aliphatic heterocycles. The number of aliphatic hydroxyl groups is 1. The Kier molecular flexibility index (Phi) is 4.08. The summed E-state index contributed by atoms with van der Waals surface area (Å²) in [6.45, 7) is 1.84. The molecule has 2 aromatic heterocycles. The second-order valence-corrected chi connectivity index (χ2v) is 7.02. The Morgan fingerprint density at radius 2 is 2.04 bits per heavy atom. The van der Waals surface area contributed by atoms with E-state index in [1.807, 2.05) is 23.8 Å². The number of nitriles is 1. The third-order valence-corrected chi connectivity index (χ3v) is 5.31. The number of aliphatic hydroxyl groups excluding tert-OH is 1. The van der Waals surface area contributed by atoms with Crippen molar-refractivity contribution in [1.29, 1.82) is 5.26 Å². The van der Waals surface area contributed by atoms with E-state index in [1.54, 1.807) is 6.07 Å². The van der Waals surface area contributed by atoms with E-state index in [2.05, 4.69) is 11.1 Å². The average molecular weight is 368 g/mol. The van der Waals surface area contributed by atoms with Crippen LogP contribution in [0.5, 0.6) is 0 Å². The SMILES string of the molecule is Cc1cc2c(cc1C#N)c(-c1cncc(N)c1C(F)F)cn2[C@H]1C[C@@H](O)C1. The number of aromatic nitrogens is 2. The fraction of sp³-hybridized carbons (Fsp3) is 0.300. The smallest absolute Gasteiger partial charge is 0.266 e. The Balaban J connectivity index is 2.02. The van der Waals surface area contributed by atoms with Gasteiger partial charge in [-0.3, -0.25) is 4.98 Å². The fourth-order valence-corrected chi connectivity index (χ4v) is 3.77. The van der Waals surface area contributed by atoms with Gasteiger partial charge < -0.3 is 15.4 Å². The monoisotopic (exact) mass is 368 g/mol. The Bertz CT molecular complexity index is 1080. The maximum Gasteiger partial charge on any atom is 0.266 e. The highest BCUT2D eigenvalue weighted by molar-refractivity contribution is 5.98.